The molecule has 1 aliphatic rings. The van der Waals surface area contributed by atoms with E-state index in [2.05, 4.69) is 22.8 Å². The Morgan fingerprint density at radius 2 is 2.09 bits per heavy atom. The molecule has 0 aliphatic heterocycles. The number of hydrogen-bond donors (Lipinski definition) is 2. The van der Waals surface area contributed by atoms with E-state index in [0.29, 0.717) is 6.04 Å². The zero-order chi connectivity index (χ0) is 15.4. The summed E-state index contributed by atoms with van der Waals surface area (Å²) < 4.78 is 5.45. The van der Waals surface area contributed by atoms with Crippen molar-refractivity contribution >= 4 is 11.6 Å². The van der Waals surface area contributed by atoms with Gasteiger partial charge in [0.15, 0.2) is 0 Å². The van der Waals surface area contributed by atoms with Crippen molar-refractivity contribution in [2.45, 2.75) is 43.8 Å². The lowest BCUT2D eigenvalue weighted by Crippen LogP contribution is -2.57. The largest absolute Gasteiger partial charge is 0.468 e. The summed E-state index contributed by atoms with van der Waals surface area (Å²) in [5.41, 5.74) is 1.07. The molecular weight excluding hydrogens is 296 g/mol. The molecule has 1 heterocycles. The van der Waals surface area contributed by atoms with Crippen LogP contribution >= 0.6 is 11.6 Å². The van der Waals surface area contributed by atoms with Crippen LogP contribution in [0.15, 0.2) is 47.1 Å². The third-order valence-electron chi connectivity index (χ3n) is 4.81. The minimum atomic E-state index is -0.122. The summed E-state index contributed by atoms with van der Waals surface area (Å²) in [6, 6.07) is 12.4. The second kappa shape index (κ2) is 6.86. The minimum absolute atomic E-state index is 0.122. The Bertz CT molecular complexity index is 599. The van der Waals surface area contributed by atoms with Gasteiger partial charge in [-0.1, -0.05) is 42.6 Å². The number of benzene rings is 1. The lowest BCUT2D eigenvalue weighted by molar-refractivity contribution is 0.174. The third kappa shape index (κ3) is 2.94. The highest BCUT2D eigenvalue weighted by Gasteiger charge is 2.41. The van der Waals surface area contributed by atoms with Gasteiger partial charge < -0.3 is 15.1 Å². The molecule has 4 heteroatoms. The van der Waals surface area contributed by atoms with Gasteiger partial charge in [0.05, 0.1) is 18.3 Å². The van der Waals surface area contributed by atoms with E-state index in [1.165, 1.54) is 18.4 Å². The maximum absolute atomic E-state index is 6.50. The quantitative estimate of drug-likeness (QED) is 0.872. The lowest BCUT2D eigenvalue weighted by atomic mass is 9.72. The molecule has 118 valence electrons. The van der Waals surface area contributed by atoms with Gasteiger partial charge in [-0.2, -0.15) is 0 Å². The van der Waals surface area contributed by atoms with Crippen LogP contribution in [0.2, 0.25) is 5.02 Å². The van der Waals surface area contributed by atoms with Gasteiger partial charge in [-0.05, 0) is 43.7 Å². The molecule has 0 bridgehead atoms. The van der Waals surface area contributed by atoms with Crippen LogP contribution in [-0.4, -0.2) is 13.1 Å². The van der Waals surface area contributed by atoms with Crippen molar-refractivity contribution in [2.24, 2.45) is 0 Å². The first-order chi connectivity index (χ1) is 10.8. The molecular formula is C18H23ClN2O. The van der Waals surface area contributed by atoms with Gasteiger partial charge in [-0.15, -0.1) is 0 Å². The first-order valence-electron chi connectivity index (χ1n) is 7.96. The minimum Gasteiger partial charge on any atom is -0.468 e. The van der Waals surface area contributed by atoms with Crippen LogP contribution in [0.1, 0.15) is 37.0 Å². The molecule has 1 aliphatic carbocycles. The average Bonchev–Trinajstić information content (AvgIpc) is 3.07. The normalized spacial score (nSPS) is 25.3. The molecule has 3 rings (SSSR count). The fourth-order valence-corrected chi connectivity index (χ4v) is 3.97. The average molecular weight is 319 g/mol. The summed E-state index contributed by atoms with van der Waals surface area (Å²) in [6.07, 6.45) is 6.39. The molecule has 1 aromatic carbocycles. The molecule has 2 N–H and O–H groups in total. The Kier molecular flexibility index (Phi) is 4.87. The van der Waals surface area contributed by atoms with Gasteiger partial charge in [-0.25, -0.2) is 0 Å². The van der Waals surface area contributed by atoms with E-state index in [1.54, 1.807) is 6.26 Å². The van der Waals surface area contributed by atoms with E-state index in [9.17, 15) is 0 Å². The van der Waals surface area contributed by atoms with Crippen LogP contribution in [-0.2, 0) is 12.1 Å². The van der Waals surface area contributed by atoms with Crippen LogP contribution in [0.25, 0.3) is 0 Å². The molecule has 1 aromatic heterocycles. The molecule has 1 fully saturated rings. The highest BCUT2D eigenvalue weighted by molar-refractivity contribution is 6.31. The molecule has 0 amide bonds. The second-order valence-corrected chi connectivity index (χ2v) is 6.37. The Hall–Kier alpha value is -1.29. The monoisotopic (exact) mass is 318 g/mol. The fourth-order valence-electron chi connectivity index (χ4n) is 3.67. The molecule has 0 spiro atoms. The molecule has 3 nitrogen and oxygen atoms in total. The van der Waals surface area contributed by atoms with Crippen molar-refractivity contribution in [1.29, 1.82) is 0 Å². The van der Waals surface area contributed by atoms with Crippen molar-refractivity contribution < 1.29 is 4.42 Å². The molecule has 22 heavy (non-hydrogen) atoms. The smallest absolute Gasteiger partial charge is 0.117 e. The number of halogens is 1. The number of hydrogen-bond acceptors (Lipinski definition) is 3. The van der Waals surface area contributed by atoms with Crippen molar-refractivity contribution in [3.63, 3.8) is 0 Å². The van der Waals surface area contributed by atoms with E-state index in [4.69, 9.17) is 16.0 Å². The predicted molar refractivity (Wildman–Crippen MR) is 90.0 cm³/mol. The molecule has 2 atom stereocenters. The van der Waals surface area contributed by atoms with E-state index in [-0.39, 0.29) is 5.54 Å². The predicted octanol–water partition coefficient (Wildman–Crippen LogP) is 4.08. The van der Waals surface area contributed by atoms with Gasteiger partial charge in [-0.3, -0.25) is 0 Å². The van der Waals surface area contributed by atoms with Crippen molar-refractivity contribution in [1.82, 2.24) is 10.6 Å². The van der Waals surface area contributed by atoms with Crippen LogP contribution in [0.3, 0.4) is 0 Å². The first-order valence-corrected chi connectivity index (χ1v) is 8.34. The standard InChI is InChI=1S/C18H23ClN2O/c1-20-18(15-8-2-3-9-16(15)19)11-5-4-10-17(18)21-13-14-7-6-12-22-14/h2-3,6-9,12,17,20-21H,4-5,10-11,13H2,1H3/t17-,18+/m0/s1. The summed E-state index contributed by atoms with van der Waals surface area (Å²) in [7, 11) is 2.04. The topological polar surface area (TPSA) is 37.2 Å². The lowest BCUT2D eigenvalue weighted by Gasteiger charge is -2.45. The van der Waals surface area contributed by atoms with E-state index >= 15 is 0 Å². The Morgan fingerprint density at radius 3 is 2.82 bits per heavy atom. The van der Waals surface area contributed by atoms with Crippen LogP contribution in [0, 0.1) is 0 Å². The summed E-state index contributed by atoms with van der Waals surface area (Å²) in [5, 5.41) is 8.09. The van der Waals surface area contributed by atoms with Crippen molar-refractivity contribution in [3.05, 3.63) is 59.0 Å². The van der Waals surface area contributed by atoms with Gasteiger partial charge in [0.1, 0.15) is 5.76 Å². The molecule has 2 aromatic rings. The van der Waals surface area contributed by atoms with Crippen molar-refractivity contribution in [2.75, 3.05) is 7.05 Å². The van der Waals surface area contributed by atoms with E-state index < -0.39 is 0 Å². The number of likely N-dealkylation sites (N-methyl/N-ethyl adjacent to an activating group) is 1. The van der Waals surface area contributed by atoms with Crippen LogP contribution in [0.5, 0.6) is 0 Å². The summed E-state index contributed by atoms with van der Waals surface area (Å²) in [4.78, 5) is 0. The second-order valence-electron chi connectivity index (χ2n) is 5.96. The number of nitrogens with one attached hydrogen (secondary N) is 2. The first kappa shape index (κ1) is 15.6. The number of rotatable bonds is 5. The highest BCUT2D eigenvalue weighted by Crippen LogP contribution is 2.40. The summed E-state index contributed by atoms with van der Waals surface area (Å²) >= 11 is 6.50. The molecule has 0 unspecified atom stereocenters. The summed E-state index contributed by atoms with van der Waals surface area (Å²) in [6.45, 7) is 0.742. The third-order valence-corrected chi connectivity index (χ3v) is 5.14. The summed E-state index contributed by atoms with van der Waals surface area (Å²) in [5.74, 6) is 0.967. The maximum atomic E-state index is 6.50. The number of furan rings is 1. The van der Waals surface area contributed by atoms with E-state index in [0.717, 1.165) is 30.2 Å². The van der Waals surface area contributed by atoms with Crippen LogP contribution < -0.4 is 10.6 Å². The van der Waals surface area contributed by atoms with E-state index in [1.807, 2.05) is 31.3 Å². The zero-order valence-electron chi connectivity index (χ0n) is 12.9. The Balaban J connectivity index is 1.87. The van der Waals surface area contributed by atoms with Gasteiger partial charge in [0.2, 0.25) is 0 Å². The van der Waals surface area contributed by atoms with Crippen molar-refractivity contribution in [3.8, 4) is 0 Å². The zero-order valence-corrected chi connectivity index (χ0v) is 13.7. The molecule has 0 radical (unpaired) electrons. The fraction of sp³-hybridized carbons (Fsp3) is 0.444. The molecule has 1 saturated carbocycles. The molecule has 0 saturated heterocycles. The Morgan fingerprint density at radius 1 is 1.23 bits per heavy atom. The van der Waals surface area contributed by atoms with Gasteiger partial charge >= 0.3 is 0 Å². The van der Waals surface area contributed by atoms with Gasteiger partial charge in [0.25, 0.3) is 0 Å². The van der Waals surface area contributed by atoms with Gasteiger partial charge in [0, 0.05) is 11.1 Å². The van der Waals surface area contributed by atoms with Crippen LogP contribution in [0.4, 0.5) is 0 Å². The maximum Gasteiger partial charge on any atom is 0.117 e. The SMILES string of the molecule is CN[C@@]1(c2ccccc2Cl)CCCC[C@@H]1NCc1ccco1. The Labute approximate surface area is 137 Å². The highest BCUT2D eigenvalue weighted by atomic mass is 35.5.